The molecule has 0 aliphatic carbocycles. The fourth-order valence-electron chi connectivity index (χ4n) is 2.87. The fourth-order valence-corrected chi connectivity index (χ4v) is 2.87. The van der Waals surface area contributed by atoms with Crippen LogP contribution in [0.1, 0.15) is 28.8 Å². The Labute approximate surface area is 121 Å². The number of rotatable bonds is 4. The van der Waals surface area contributed by atoms with Crippen molar-refractivity contribution in [3.8, 4) is 0 Å². The zero-order valence-electron chi connectivity index (χ0n) is 12.6. The molecule has 1 aliphatic heterocycles. The average Bonchev–Trinajstić information content (AvgIpc) is 2.41. The van der Waals surface area contributed by atoms with E-state index in [1.54, 1.807) is 6.07 Å². The number of carboxylic acids is 1. The molecule has 1 heterocycles. The molecule has 110 valence electrons. The number of carbonyl (C=O) groups is 1. The predicted molar refractivity (Wildman–Crippen MR) is 81.6 cm³/mol. The first-order valence-electron chi connectivity index (χ1n) is 7.21. The lowest BCUT2D eigenvalue weighted by molar-refractivity contribution is 0.0697. The summed E-state index contributed by atoms with van der Waals surface area (Å²) in [4.78, 5) is 15.8. The molecule has 1 aliphatic rings. The molecule has 1 aromatic carbocycles. The Morgan fingerprint density at radius 3 is 2.65 bits per heavy atom. The van der Waals surface area contributed by atoms with E-state index in [2.05, 4.69) is 16.8 Å². The number of benzene rings is 1. The standard InChI is InChI=1S/C16H24N2O2/c1-12-4-5-14(16(19)20)15(10-12)18(3)11-13-6-8-17(2)9-7-13/h4-5,10,13H,6-9,11H2,1-3H3,(H,19,20). The smallest absolute Gasteiger partial charge is 0.337 e. The number of nitrogens with zero attached hydrogens (tertiary/aromatic N) is 2. The third kappa shape index (κ3) is 3.51. The van der Waals surface area contributed by atoms with Crippen molar-refractivity contribution in [3.63, 3.8) is 0 Å². The molecule has 0 radical (unpaired) electrons. The minimum atomic E-state index is -0.852. The van der Waals surface area contributed by atoms with E-state index in [1.165, 1.54) is 12.8 Å². The molecule has 0 saturated carbocycles. The van der Waals surface area contributed by atoms with Gasteiger partial charge in [-0.15, -0.1) is 0 Å². The van der Waals surface area contributed by atoms with Crippen molar-refractivity contribution in [2.24, 2.45) is 5.92 Å². The van der Waals surface area contributed by atoms with Crippen LogP contribution in [0.15, 0.2) is 18.2 Å². The molecule has 0 bridgehead atoms. The van der Waals surface area contributed by atoms with Gasteiger partial charge in [-0.25, -0.2) is 4.79 Å². The number of likely N-dealkylation sites (tertiary alicyclic amines) is 1. The van der Waals surface area contributed by atoms with Crippen LogP contribution in [0.2, 0.25) is 0 Å². The molecule has 0 amide bonds. The molecule has 1 fully saturated rings. The Balaban J connectivity index is 2.10. The second kappa shape index (κ2) is 6.27. The summed E-state index contributed by atoms with van der Waals surface area (Å²) in [5.74, 6) is -0.200. The van der Waals surface area contributed by atoms with Crippen LogP contribution in [-0.4, -0.2) is 49.7 Å². The SMILES string of the molecule is Cc1ccc(C(=O)O)c(N(C)CC2CCN(C)CC2)c1. The van der Waals surface area contributed by atoms with E-state index in [1.807, 2.05) is 26.1 Å². The molecule has 0 aromatic heterocycles. The van der Waals surface area contributed by atoms with Gasteiger partial charge >= 0.3 is 5.97 Å². The molecule has 1 saturated heterocycles. The van der Waals surface area contributed by atoms with Crippen LogP contribution in [0.3, 0.4) is 0 Å². The van der Waals surface area contributed by atoms with Crippen LogP contribution in [0.4, 0.5) is 5.69 Å². The number of aromatic carboxylic acids is 1. The molecule has 1 N–H and O–H groups in total. The first kappa shape index (κ1) is 14.9. The summed E-state index contributed by atoms with van der Waals surface area (Å²) in [6, 6.07) is 5.53. The first-order chi connectivity index (χ1) is 9.47. The van der Waals surface area contributed by atoms with E-state index < -0.39 is 5.97 Å². The molecule has 0 atom stereocenters. The molecular weight excluding hydrogens is 252 g/mol. The van der Waals surface area contributed by atoms with Gasteiger partial charge in [-0.2, -0.15) is 0 Å². The van der Waals surface area contributed by atoms with Crippen molar-refractivity contribution in [2.45, 2.75) is 19.8 Å². The Bertz CT molecular complexity index is 479. The number of anilines is 1. The fraction of sp³-hybridized carbons (Fsp3) is 0.562. The zero-order chi connectivity index (χ0) is 14.7. The lowest BCUT2D eigenvalue weighted by atomic mass is 9.96. The highest BCUT2D eigenvalue weighted by atomic mass is 16.4. The molecule has 0 spiro atoms. The Morgan fingerprint density at radius 2 is 2.05 bits per heavy atom. The van der Waals surface area contributed by atoms with Crippen LogP contribution < -0.4 is 4.90 Å². The number of hydrogen-bond acceptors (Lipinski definition) is 3. The quantitative estimate of drug-likeness (QED) is 0.917. The van der Waals surface area contributed by atoms with E-state index in [0.29, 0.717) is 11.5 Å². The van der Waals surface area contributed by atoms with Crippen molar-refractivity contribution in [3.05, 3.63) is 29.3 Å². The highest BCUT2D eigenvalue weighted by molar-refractivity contribution is 5.94. The summed E-state index contributed by atoms with van der Waals surface area (Å²) in [7, 11) is 4.16. The van der Waals surface area contributed by atoms with E-state index in [-0.39, 0.29) is 0 Å². The Morgan fingerprint density at radius 1 is 1.40 bits per heavy atom. The van der Waals surface area contributed by atoms with Gasteiger partial charge in [0.05, 0.1) is 11.3 Å². The number of aryl methyl sites for hydroxylation is 1. The van der Waals surface area contributed by atoms with Crippen LogP contribution in [0.5, 0.6) is 0 Å². The summed E-state index contributed by atoms with van der Waals surface area (Å²) in [5, 5.41) is 9.31. The maximum atomic E-state index is 11.3. The summed E-state index contributed by atoms with van der Waals surface area (Å²) in [5.41, 5.74) is 2.32. The van der Waals surface area contributed by atoms with Gasteiger partial charge in [0.1, 0.15) is 0 Å². The minimum Gasteiger partial charge on any atom is -0.478 e. The third-order valence-electron chi connectivity index (χ3n) is 4.17. The monoisotopic (exact) mass is 276 g/mol. The van der Waals surface area contributed by atoms with E-state index in [0.717, 1.165) is 30.9 Å². The van der Waals surface area contributed by atoms with Gasteiger partial charge in [0.15, 0.2) is 0 Å². The van der Waals surface area contributed by atoms with Crippen LogP contribution in [0.25, 0.3) is 0 Å². The highest BCUT2D eigenvalue weighted by Gasteiger charge is 2.20. The van der Waals surface area contributed by atoms with Crippen molar-refractivity contribution in [1.82, 2.24) is 4.90 Å². The summed E-state index contributed by atoms with van der Waals surface area (Å²) in [6.45, 7) is 5.20. The summed E-state index contributed by atoms with van der Waals surface area (Å²) < 4.78 is 0. The summed E-state index contributed by atoms with van der Waals surface area (Å²) >= 11 is 0. The molecule has 20 heavy (non-hydrogen) atoms. The minimum absolute atomic E-state index is 0.394. The maximum Gasteiger partial charge on any atom is 0.337 e. The average molecular weight is 276 g/mol. The van der Waals surface area contributed by atoms with E-state index in [4.69, 9.17) is 0 Å². The van der Waals surface area contributed by atoms with Gasteiger partial charge in [-0.1, -0.05) is 6.07 Å². The van der Waals surface area contributed by atoms with Gasteiger partial charge < -0.3 is 14.9 Å². The van der Waals surface area contributed by atoms with Crippen LogP contribution in [0, 0.1) is 12.8 Å². The van der Waals surface area contributed by atoms with Crippen molar-refractivity contribution >= 4 is 11.7 Å². The Hall–Kier alpha value is -1.55. The molecule has 1 aromatic rings. The molecule has 0 unspecified atom stereocenters. The van der Waals surface area contributed by atoms with Gasteiger partial charge in [0.2, 0.25) is 0 Å². The first-order valence-corrected chi connectivity index (χ1v) is 7.21. The lowest BCUT2D eigenvalue weighted by Crippen LogP contribution is -2.36. The topological polar surface area (TPSA) is 43.8 Å². The maximum absolute atomic E-state index is 11.3. The predicted octanol–water partition coefficient (Wildman–Crippen LogP) is 2.47. The van der Waals surface area contributed by atoms with Crippen molar-refractivity contribution in [1.29, 1.82) is 0 Å². The number of hydrogen-bond donors (Lipinski definition) is 1. The van der Waals surface area contributed by atoms with Crippen LogP contribution >= 0.6 is 0 Å². The third-order valence-corrected chi connectivity index (χ3v) is 4.17. The second-order valence-corrected chi connectivity index (χ2v) is 5.95. The largest absolute Gasteiger partial charge is 0.478 e. The second-order valence-electron chi connectivity index (χ2n) is 5.95. The number of carboxylic acid groups (broad SMARTS) is 1. The van der Waals surface area contributed by atoms with E-state index >= 15 is 0 Å². The van der Waals surface area contributed by atoms with Gasteiger partial charge in [0, 0.05) is 13.6 Å². The normalized spacial score (nSPS) is 17.1. The van der Waals surface area contributed by atoms with Crippen molar-refractivity contribution in [2.75, 3.05) is 38.6 Å². The molecule has 2 rings (SSSR count). The molecule has 4 nitrogen and oxygen atoms in total. The Kier molecular flexibility index (Phi) is 4.65. The van der Waals surface area contributed by atoms with Gasteiger partial charge in [-0.05, 0) is 63.5 Å². The van der Waals surface area contributed by atoms with Gasteiger partial charge in [-0.3, -0.25) is 0 Å². The van der Waals surface area contributed by atoms with Crippen LogP contribution in [-0.2, 0) is 0 Å². The summed E-state index contributed by atoms with van der Waals surface area (Å²) in [6.07, 6.45) is 2.38. The molecule has 4 heteroatoms. The van der Waals surface area contributed by atoms with Gasteiger partial charge in [0.25, 0.3) is 0 Å². The zero-order valence-corrected chi connectivity index (χ0v) is 12.6. The lowest BCUT2D eigenvalue weighted by Gasteiger charge is -2.33. The van der Waals surface area contributed by atoms with Crippen molar-refractivity contribution < 1.29 is 9.90 Å². The van der Waals surface area contributed by atoms with E-state index in [9.17, 15) is 9.90 Å². The molecular formula is C16H24N2O2. The number of piperidine rings is 1. The highest BCUT2D eigenvalue weighted by Crippen LogP contribution is 2.25.